The fourth-order valence-electron chi connectivity index (χ4n) is 2.97. The van der Waals surface area contributed by atoms with Crippen LogP contribution in [0.5, 0.6) is 0 Å². The van der Waals surface area contributed by atoms with Gasteiger partial charge in [0.1, 0.15) is 6.54 Å². The molecule has 0 saturated heterocycles. The molecule has 0 heterocycles. The molecule has 0 aromatic rings. The van der Waals surface area contributed by atoms with Crippen LogP contribution in [0.4, 0.5) is 0 Å². The third-order valence-corrected chi connectivity index (χ3v) is 4.30. The van der Waals surface area contributed by atoms with Crippen molar-refractivity contribution >= 4 is 11.9 Å². The lowest BCUT2D eigenvalue weighted by atomic mass is 10.0. The summed E-state index contributed by atoms with van der Waals surface area (Å²) in [4.78, 5) is 24.7. The number of hydrogen-bond donors (Lipinski definition) is 1. The second kappa shape index (κ2) is 4.67. The van der Waals surface area contributed by atoms with Crippen LogP contribution in [0.25, 0.3) is 0 Å². The molecule has 2 rings (SSSR count). The van der Waals surface area contributed by atoms with Gasteiger partial charge >= 0.3 is 5.97 Å². The summed E-state index contributed by atoms with van der Waals surface area (Å²) in [6.07, 6.45) is 4.05. The van der Waals surface area contributed by atoms with Gasteiger partial charge in [-0.3, -0.25) is 9.59 Å². The number of carboxylic acid groups (broad SMARTS) is 1. The van der Waals surface area contributed by atoms with Crippen LogP contribution in [-0.4, -0.2) is 34.5 Å². The SMILES string of the molecule is CCC(C)N(CC(=O)O)C(=O)C1CC2CC2C1. The second-order valence-corrected chi connectivity index (χ2v) is 5.54. The number of carbonyl (C=O) groups is 2. The summed E-state index contributed by atoms with van der Waals surface area (Å²) in [5, 5.41) is 8.89. The van der Waals surface area contributed by atoms with Crippen molar-refractivity contribution in [3.05, 3.63) is 0 Å². The molecule has 3 unspecified atom stereocenters. The molecule has 3 atom stereocenters. The third-order valence-electron chi connectivity index (χ3n) is 4.30. The minimum atomic E-state index is -0.915. The highest BCUT2D eigenvalue weighted by molar-refractivity contribution is 5.83. The molecular formula is C13H21NO3. The van der Waals surface area contributed by atoms with Gasteiger partial charge in [0.15, 0.2) is 0 Å². The summed E-state index contributed by atoms with van der Waals surface area (Å²) in [6, 6.07) is 0.0236. The molecule has 4 heteroatoms. The Kier molecular flexibility index (Phi) is 3.40. The highest BCUT2D eigenvalue weighted by Gasteiger charge is 2.49. The maximum absolute atomic E-state index is 12.3. The smallest absolute Gasteiger partial charge is 0.323 e. The lowest BCUT2D eigenvalue weighted by Crippen LogP contribution is -2.44. The zero-order valence-electron chi connectivity index (χ0n) is 10.6. The zero-order chi connectivity index (χ0) is 12.6. The Balaban J connectivity index is 1.98. The van der Waals surface area contributed by atoms with Gasteiger partial charge in [0, 0.05) is 12.0 Å². The number of carboxylic acids is 1. The van der Waals surface area contributed by atoms with Gasteiger partial charge in [0.2, 0.25) is 5.91 Å². The van der Waals surface area contributed by atoms with E-state index < -0.39 is 5.97 Å². The Labute approximate surface area is 102 Å². The molecule has 0 bridgehead atoms. The van der Waals surface area contributed by atoms with Gasteiger partial charge in [-0.1, -0.05) is 6.92 Å². The Morgan fingerprint density at radius 1 is 1.29 bits per heavy atom. The number of hydrogen-bond acceptors (Lipinski definition) is 2. The molecule has 17 heavy (non-hydrogen) atoms. The van der Waals surface area contributed by atoms with Gasteiger partial charge in [0.25, 0.3) is 0 Å². The summed E-state index contributed by atoms with van der Waals surface area (Å²) in [6.45, 7) is 3.76. The minimum Gasteiger partial charge on any atom is -0.480 e. The summed E-state index contributed by atoms with van der Waals surface area (Å²) < 4.78 is 0. The van der Waals surface area contributed by atoms with Crippen molar-refractivity contribution in [2.24, 2.45) is 17.8 Å². The average molecular weight is 239 g/mol. The molecule has 0 aromatic carbocycles. The van der Waals surface area contributed by atoms with Crippen molar-refractivity contribution < 1.29 is 14.7 Å². The first-order valence-electron chi connectivity index (χ1n) is 6.55. The Morgan fingerprint density at radius 3 is 2.35 bits per heavy atom. The number of amides is 1. The summed E-state index contributed by atoms with van der Waals surface area (Å²) in [7, 11) is 0. The van der Waals surface area contributed by atoms with Crippen molar-refractivity contribution in [2.75, 3.05) is 6.54 Å². The number of aliphatic carboxylic acids is 1. The number of rotatable bonds is 5. The molecule has 0 spiro atoms. The molecule has 2 aliphatic carbocycles. The molecule has 4 nitrogen and oxygen atoms in total. The van der Waals surface area contributed by atoms with Crippen LogP contribution in [0, 0.1) is 17.8 Å². The van der Waals surface area contributed by atoms with Gasteiger partial charge < -0.3 is 10.0 Å². The molecule has 0 aromatic heterocycles. The maximum atomic E-state index is 12.3. The van der Waals surface area contributed by atoms with Crippen molar-refractivity contribution in [3.63, 3.8) is 0 Å². The largest absolute Gasteiger partial charge is 0.480 e. The molecular weight excluding hydrogens is 218 g/mol. The Bertz CT molecular complexity index is 319. The molecule has 0 aliphatic heterocycles. The first-order valence-corrected chi connectivity index (χ1v) is 6.55. The van der Waals surface area contributed by atoms with Crippen molar-refractivity contribution in [1.29, 1.82) is 0 Å². The van der Waals surface area contributed by atoms with Gasteiger partial charge in [0.05, 0.1) is 0 Å². The van der Waals surface area contributed by atoms with E-state index in [9.17, 15) is 9.59 Å². The van der Waals surface area contributed by atoms with E-state index in [0.717, 1.165) is 31.1 Å². The van der Waals surface area contributed by atoms with Gasteiger partial charge in [-0.15, -0.1) is 0 Å². The summed E-state index contributed by atoms with van der Waals surface area (Å²) >= 11 is 0. The third kappa shape index (κ3) is 2.61. The van der Waals surface area contributed by atoms with Crippen LogP contribution in [-0.2, 0) is 9.59 Å². The van der Waals surface area contributed by atoms with Gasteiger partial charge in [-0.2, -0.15) is 0 Å². The van der Waals surface area contributed by atoms with E-state index in [0.29, 0.717) is 0 Å². The van der Waals surface area contributed by atoms with E-state index >= 15 is 0 Å². The normalized spacial score (nSPS) is 31.8. The van der Waals surface area contributed by atoms with Crippen LogP contribution >= 0.6 is 0 Å². The monoisotopic (exact) mass is 239 g/mol. The van der Waals surface area contributed by atoms with Crippen LogP contribution in [0.3, 0.4) is 0 Å². The molecule has 2 fully saturated rings. The van der Waals surface area contributed by atoms with Gasteiger partial charge in [-0.05, 0) is 44.4 Å². The Morgan fingerprint density at radius 2 is 1.88 bits per heavy atom. The average Bonchev–Trinajstić information content (AvgIpc) is 2.91. The lowest BCUT2D eigenvalue weighted by molar-refractivity contribution is -0.148. The molecule has 2 aliphatic rings. The quantitative estimate of drug-likeness (QED) is 0.795. The minimum absolute atomic E-state index is 0.0236. The fraction of sp³-hybridized carbons (Fsp3) is 0.846. The predicted octanol–water partition coefficient (Wildman–Crippen LogP) is 1.74. The second-order valence-electron chi connectivity index (χ2n) is 5.54. The van der Waals surface area contributed by atoms with E-state index in [2.05, 4.69) is 0 Å². The van der Waals surface area contributed by atoms with E-state index in [4.69, 9.17) is 5.11 Å². The van der Waals surface area contributed by atoms with E-state index in [1.165, 1.54) is 6.42 Å². The standard InChI is InChI=1S/C13H21NO3/c1-3-8(2)14(7-12(15)16)13(17)11-5-9-4-10(9)6-11/h8-11H,3-7H2,1-2H3,(H,15,16). The first kappa shape index (κ1) is 12.4. The summed E-state index contributed by atoms with van der Waals surface area (Å²) in [5.74, 6) is 0.753. The van der Waals surface area contributed by atoms with Crippen molar-refractivity contribution in [3.8, 4) is 0 Å². The molecule has 0 radical (unpaired) electrons. The molecule has 2 saturated carbocycles. The van der Waals surface area contributed by atoms with Crippen LogP contribution in [0.15, 0.2) is 0 Å². The van der Waals surface area contributed by atoms with Crippen LogP contribution in [0.1, 0.15) is 39.5 Å². The van der Waals surface area contributed by atoms with E-state index in [1.54, 1.807) is 4.90 Å². The van der Waals surface area contributed by atoms with Crippen molar-refractivity contribution in [1.82, 2.24) is 4.90 Å². The predicted molar refractivity (Wildman–Crippen MR) is 63.4 cm³/mol. The molecule has 1 N–H and O–H groups in total. The highest BCUT2D eigenvalue weighted by atomic mass is 16.4. The van der Waals surface area contributed by atoms with E-state index in [-0.39, 0.29) is 24.4 Å². The Hall–Kier alpha value is -1.06. The van der Waals surface area contributed by atoms with Crippen molar-refractivity contribution in [2.45, 2.75) is 45.6 Å². The first-order chi connectivity index (χ1) is 8.02. The molecule has 1 amide bonds. The van der Waals surface area contributed by atoms with E-state index in [1.807, 2.05) is 13.8 Å². The zero-order valence-corrected chi connectivity index (χ0v) is 10.6. The lowest BCUT2D eigenvalue weighted by Gasteiger charge is -2.29. The number of fused-ring (bicyclic) bond motifs is 1. The highest BCUT2D eigenvalue weighted by Crippen LogP contribution is 2.54. The topological polar surface area (TPSA) is 57.6 Å². The number of nitrogens with zero attached hydrogens (tertiary/aromatic N) is 1. The summed E-state index contributed by atoms with van der Waals surface area (Å²) in [5.41, 5.74) is 0. The number of carbonyl (C=O) groups excluding carboxylic acids is 1. The van der Waals surface area contributed by atoms with Crippen LogP contribution in [0.2, 0.25) is 0 Å². The van der Waals surface area contributed by atoms with Crippen LogP contribution < -0.4 is 0 Å². The maximum Gasteiger partial charge on any atom is 0.323 e. The fourth-order valence-corrected chi connectivity index (χ4v) is 2.97. The molecule has 96 valence electrons. The van der Waals surface area contributed by atoms with Gasteiger partial charge in [-0.25, -0.2) is 0 Å².